The molecule has 5 heteroatoms. The number of unbranched alkanes of at least 4 members (excludes halogenated alkanes) is 5. The van der Waals surface area contributed by atoms with Gasteiger partial charge in [0, 0.05) is 11.0 Å². The van der Waals surface area contributed by atoms with E-state index in [1.807, 2.05) is 13.8 Å². The van der Waals surface area contributed by atoms with Gasteiger partial charge in [0.05, 0.1) is 12.6 Å². The monoisotopic (exact) mass is 356 g/mol. The van der Waals surface area contributed by atoms with Crippen LogP contribution in [0.4, 0.5) is 0 Å². The summed E-state index contributed by atoms with van der Waals surface area (Å²) in [6.07, 6.45) is 10.1. The molecule has 1 amide bonds. The zero-order valence-corrected chi connectivity index (χ0v) is 17.0. The highest BCUT2D eigenvalue weighted by Crippen LogP contribution is 2.25. The molecule has 25 heavy (non-hydrogen) atoms. The van der Waals surface area contributed by atoms with Crippen LogP contribution in [0.5, 0.6) is 0 Å². The Balaban J connectivity index is 4.82. The van der Waals surface area contributed by atoms with Crippen LogP contribution in [0.1, 0.15) is 92.4 Å². The first-order valence-corrected chi connectivity index (χ1v) is 9.85. The van der Waals surface area contributed by atoms with Crippen molar-refractivity contribution in [1.82, 2.24) is 5.32 Å². The van der Waals surface area contributed by atoms with Gasteiger partial charge in [-0.25, -0.2) is 0 Å². The number of carbonyl (C=O) groups excluding carboxylic acids is 2. The Labute approximate surface area is 154 Å². The Morgan fingerprint density at radius 1 is 1.04 bits per heavy atom. The molecule has 0 heterocycles. The Bertz CT molecular complexity index is 385. The van der Waals surface area contributed by atoms with Crippen molar-refractivity contribution in [2.24, 2.45) is 11.1 Å². The lowest BCUT2D eigenvalue weighted by Crippen LogP contribution is -2.57. The van der Waals surface area contributed by atoms with E-state index in [4.69, 9.17) is 10.5 Å². The van der Waals surface area contributed by atoms with Crippen LogP contribution in [0.15, 0.2) is 0 Å². The molecule has 0 aliphatic carbocycles. The third-order valence-electron chi connectivity index (χ3n) is 4.99. The summed E-state index contributed by atoms with van der Waals surface area (Å²) in [7, 11) is 0. The van der Waals surface area contributed by atoms with E-state index in [1.54, 1.807) is 0 Å². The van der Waals surface area contributed by atoms with E-state index in [0.29, 0.717) is 6.47 Å². The summed E-state index contributed by atoms with van der Waals surface area (Å²) < 4.78 is 4.83. The minimum atomic E-state index is -0.714. The quantitative estimate of drug-likeness (QED) is 0.344. The number of ether oxygens (including phenoxy) is 1. The predicted octanol–water partition coefficient (Wildman–Crippen LogP) is 3.94. The van der Waals surface area contributed by atoms with Crippen LogP contribution >= 0.6 is 0 Å². The lowest BCUT2D eigenvalue weighted by molar-refractivity contribution is -0.135. The number of rotatable bonds is 15. The van der Waals surface area contributed by atoms with Gasteiger partial charge in [-0.05, 0) is 19.8 Å². The van der Waals surface area contributed by atoms with Gasteiger partial charge in [0.2, 0.25) is 5.91 Å². The van der Waals surface area contributed by atoms with Crippen molar-refractivity contribution < 1.29 is 14.3 Å². The Morgan fingerprint density at radius 2 is 1.56 bits per heavy atom. The second-order valence-corrected chi connectivity index (χ2v) is 8.19. The normalized spacial score (nSPS) is 15.3. The molecule has 0 aliphatic heterocycles. The van der Waals surface area contributed by atoms with E-state index < -0.39 is 11.5 Å². The second-order valence-electron chi connectivity index (χ2n) is 8.19. The number of amides is 1. The molecule has 0 saturated heterocycles. The minimum Gasteiger partial charge on any atom is -0.467 e. The van der Waals surface area contributed by atoms with E-state index in [0.717, 1.165) is 32.1 Å². The lowest BCUT2D eigenvalue weighted by Gasteiger charge is -2.36. The fraction of sp³-hybridized carbons (Fsp3) is 0.900. The van der Waals surface area contributed by atoms with Crippen molar-refractivity contribution in [2.45, 2.75) is 104 Å². The number of nitrogens with two attached hydrogens (primary N) is 1. The molecule has 0 radical (unpaired) electrons. The average molecular weight is 357 g/mol. The highest BCUT2D eigenvalue weighted by molar-refractivity contribution is 5.83. The van der Waals surface area contributed by atoms with Crippen LogP contribution in [-0.4, -0.2) is 30.6 Å². The molecule has 0 aromatic rings. The molecule has 2 atom stereocenters. The molecule has 0 spiro atoms. The van der Waals surface area contributed by atoms with Crippen molar-refractivity contribution in [3.63, 3.8) is 0 Å². The van der Waals surface area contributed by atoms with Gasteiger partial charge >= 0.3 is 0 Å². The van der Waals surface area contributed by atoms with Crippen molar-refractivity contribution in [3.05, 3.63) is 0 Å². The van der Waals surface area contributed by atoms with Crippen molar-refractivity contribution >= 4 is 12.4 Å². The number of nitrogens with one attached hydrogen (secondary N) is 1. The topological polar surface area (TPSA) is 81.4 Å². The lowest BCUT2D eigenvalue weighted by atomic mass is 9.83. The van der Waals surface area contributed by atoms with Gasteiger partial charge in [-0.3, -0.25) is 9.59 Å². The van der Waals surface area contributed by atoms with Crippen LogP contribution < -0.4 is 11.1 Å². The Hall–Kier alpha value is -1.10. The van der Waals surface area contributed by atoms with E-state index in [-0.39, 0.29) is 18.1 Å². The van der Waals surface area contributed by atoms with E-state index in [2.05, 4.69) is 26.1 Å². The van der Waals surface area contributed by atoms with Gasteiger partial charge in [-0.1, -0.05) is 72.6 Å². The fourth-order valence-electron chi connectivity index (χ4n) is 3.03. The highest BCUT2D eigenvalue weighted by atomic mass is 16.5. The standard InChI is InChI=1S/C20H40N2O3/c1-6-8-10-12-14-20(5,13-11-9-7-2)22-18(24)17(21)19(3,4)15-25-16-23/h16-17H,6-15,21H2,1-5H3,(H,22,24). The molecular weight excluding hydrogens is 316 g/mol. The van der Waals surface area contributed by atoms with E-state index in [9.17, 15) is 9.59 Å². The minimum absolute atomic E-state index is 0.133. The first kappa shape index (κ1) is 23.9. The molecule has 0 aliphatic rings. The third-order valence-corrected chi connectivity index (χ3v) is 4.99. The van der Waals surface area contributed by atoms with E-state index in [1.165, 1.54) is 25.7 Å². The zero-order valence-electron chi connectivity index (χ0n) is 17.0. The molecule has 148 valence electrons. The van der Waals surface area contributed by atoms with Crippen LogP contribution in [0.25, 0.3) is 0 Å². The van der Waals surface area contributed by atoms with Crippen LogP contribution in [-0.2, 0) is 14.3 Å². The summed E-state index contributed by atoms with van der Waals surface area (Å²) in [5, 5.41) is 3.20. The second kappa shape index (κ2) is 12.3. The van der Waals surface area contributed by atoms with Gasteiger partial charge in [0.1, 0.15) is 0 Å². The summed E-state index contributed by atoms with van der Waals surface area (Å²) in [5.41, 5.74) is 5.34. The van der Waals surface area contributed by atoms with Crippen molar-refractivity contribution in [2.75, 3.05) is 6.61 Å². The maximum atomic E-state index is 12.7. The molecule has 2 unspecified atom stereocenters. The van der Waals surface area contributed by atoms with Crippen LogP contribution in [0.2, 0.25) is 0 Å². The van der Waals surface area contributed by atoms with Crippen molar-refractivity contribution in [1.29, 1.82) is 0 Å². The average Bonchev–Trinajstić information content (AvgIpc) is 2.56. The van der Waals surface area contributed by atoms with Gasteiger partial charge < -0.3 is 15.8 Å². The summed E-state index contributed by atoms with van der Waals surface area (Å²) >= 11 is 0. The molecule has 0 aromatic carbocycles. The predicted molar refractivity (Wildman–Crippen MR) is 103 cm³/mol. The fourth-order valence-corrected chi connectivity index (χ4v) is 3.03. The molecule has 5 nitrogen and oxygen atoms in total. The summed E-state index contributed by atoms with van der Waals surface area (Å²) in [5.74, 6) is -0.158. The molecule has 0 aromatic heterocycles. The number of hydrogen-bond acceptors (Lipinski definition) is 4. The summed E-state index contributed by atoms with van der Waals surface area (Å²) in [6, 6.07) is -0.714. The largest absolute Gasteiger partial charge is 0.467 e. The first-order chi connectivity index (χ1) is 11.7. The zero-order chi connectivity index (χ0) is 19.3. The maximum absolute atomic E-state index is 12.7. The van der Waals surface area contributed by atoms with Crippen molar-refractivity contribution in [3.8, 4) is 0 Å². The summed E-state index contributed by atoms with van der Waals surface area (Å²) in [4.78, 5) is 23.1. The smallest absolute Gasteiger partial charge is 0.293 e. The molecular formula is C20H40N2O3. The van der Waals surface area contributed by atoms with Gasteiger partial charge in [-0.2, -0.15) is 0 Å². The molecule has 0 rings (SSSR count). The van der Waals surface area contributed by atoms with E-state index >= 15 is 0 Å². The molecule has 0 bridgehead atoms. The molecule has 3 N–H and O–H groups in total. The Kier molecular flexibility index (Phi) is 11.7. The Morgan fingerprint density at radius 3 is 2.08 bits per heavy atom. The third kappa shape index (κ3) is 9.83. The highest BCUT2D eigenvalue weighted by Gasteiger charge is 2.36. The SMILES string of the molecule is CCCCCCC(C)(CCCCC)NC(=O)C(N)C(C)(C)COC=O. The molecule has 0 fully saturated rings. The molecule has 0 saturated carbocycles. The van der Waals surface area contributed by atoms with Gasteiger partial charge in [-0.15, -0.1) is 0 Å². The van der Waals surface area contributed by atoms with Gasteiger partial charge in [0.25, 0.3) is 6.47 Å². The summed E-state index contributed by atoms with van der Waals surface area (Å²) in [6.45, 7) is 10.7. The maximum Gasteiger partial charge on any atom is 0.293 e. The number of carbonyl (C=O) groups is 2. The van der Waals surface area contributed by atoms with Crippen LogP contribution in [0.3, 0.4) is 0 Å². The van der Waals surface area contributed by atoms with Crippen LogP contribution in [0, 0.1) is 5.41 Å². The number of hydrogen-bond donors (Lipinski definition) is 2. The van der Waals surface area contributed by atoms with Gasteiger partial charge in [0.15, 0.2) is 0 Å². The first-order valence-electron chi connectivity index (χ1n) is 9.85.